The monoisotopic (exact) mass is 268 g/mol. The molecule has 14 heavy (non-hydrogen) atoms. The topological polar surface area (TPSA) is 0 Å². The van der Waals surface area contributed by atoms with E-state index in [0.717, 1.165) is 12.8 Å². The number of benzene rings is 1. The van der Waals surface area contributed by atoms with Gasteiger partial charge in [0.2, 0.25) is 0 Å². The van der Waals surface area contributed by atoms with E-state index in [9.17, 15) is 0 Å². The van der Waals surface area contributed by atoms with Crippen molar-refractivity contribution in [1.82, 2.24) is 0 Å². The van der Waals surface area contributed by atoms with E-state index in [2.05, 4.69) is 48.0 Å². The van der Waals surface area contributed by atoms with Crippen molar-refractivity contribution >= 4 is 37.4 Å². The molecule has 0 N–H and O–H groups in total. The number of hydrogen-bond acceptors (Lipinski definition) is 1. The van der Waals surface area contributed by atoms with Crippen LogP contribution >= 0.6 is 27.3 Å². The Morgan fingerprint density at radius 3 is 2.64 bits per heavy atom. The first-order chi connectivity index (χ1) is 6.76. The van der Waals surface area contributed by atoms with Gasteiger partial charge in [0.15, 0.2) is 0 Å². The molecule has 0 aliphatic heterocycles. The second-order valence-corrected chi connectivity index (χ2v) is 5.76. The van der Waals surface area contributed by atoms with Crippen molar-refractivity contribution in [1.29, 1.82) is 0 Å². The van der Waals surface area contributed by atoms with E-state index in [0.29, 0.717) is 0 Å². The molecule has 0 aliphatic carbocycles. The van der Waals surface area contributed by atoms with E-state index < -0.39 is 0 Å². The van der Waals surface area contributed by atoms with E-state index in [1.54, 1.807) is 0 Å². The molecule has 0 nitrogen and oxygen atoms in total. The van der Waals surface area contributed by atoms with Crippen LogP contribution in [-0.2, 0) is 12.8 Å². The van der Waals surface area contributed by atoms with E-state index in [1.165, 1.54) is 25.0 Å². The highest BCUT2D eigenvalue weighted by molar-refractivity contribution is 9.11. The van der Waals surface area contributed by atoms with Gasteiger partial charge in [0, 0.05) is 4.70 Å². The van der Waals surface area contributed by atoms with Crippen molar-refractivity contribution in [2.75, 3.05) is 0 Å². The summed E-state index contributed by atoms with van der Waals surface area (Å²) in [6, 6.07) is 6.79. The predicted molar refractivity (Wildman–Crippen MR) is 68.3 cm³/mol. The maximum atomic E-state index is 3.63. The highest BCUT2D eigenvalue weighted by atomic mass is 79.9. The van der Waals surface area contributed by atoms with Gasteiger partial charge in [-0.3, -0.25) is 0 Å². The molecule has 0 aliphatic rings. The van der Waals surface area contributed by atoms with Crippen LogP contribution in [0.25, 0.3) is 10.1 Å². The number of rotatable bonds is 2. The second-order valence-electron chi connectivity index (χ2n) is 3.39. The molecule has 0 atom stereocenters. The Balaban J connectivity index is 2.71. The van der Waals surface area contributed by atoms with E-state index in [4.69, 9.17) is 0 Å². The molecule has 1 aromatic carbocycles. The van der Waals surface area contributed by atoms with Crippen molar-refractivity contribution in [3.05, 3.63) is 33.1 Å². The maximum absolute atomic E-state index is 3.63. The van der Waals surface area contributed by atoms with Crippen molar-refractivity contribution in [3.8, 4) is 0 Å². The number of fused-ring (bicyclic) bond motifs is 1. The Labute approximate surface area is 97.1 Å². The summed E-state index contributed by atoms with van der Waals surface area (Å²) in [5.41, 5.74) is 2.89. The van der Waals surface area contributed by atoms with Crippen LogP contribution in [0, 0.1) is 0 Å². The van der Waals surface area contributed by atoms with Gasteiger partial charge in [0.05, 0.1) is 3.79 Å². The van der Waals surface area contributed by atoms with Gasteiger partial charge in [-0.25, -0.2) is 0 Å². The van der Waals surface area contributed by atoms with Crippen LogP contribution in [-0.4, -0.2) is 0 Å². The normalized spacial score (nSPS) is 11.1. The molecule has 0 spiro atoms. The first-order valence-electron chi connectivity index (χ1n) is 4.96. The standard InChI is InChI=1S/C12H13BrS/c1-3-8-5-6-11-10(7-8)9(4-2)12(13)14-11/h5-7H,3-4H2,1-2H3. The van der Waals surface area contributed by atoms with Crippen molar-refractivity contribution in [2.45, 2.75) is 26.7 Å². The summed E-state index contributed by atoms with van der Waals surface area (Å²) in [6.07, 6.45) is 2.22. The molecule has 0 radical (unpaired) electrons. The molecule has 0 saturated carbocycles. The zero-order chi connectivity index (χ0) is 10.1. The van der Waals surface area contributed by atoms with Crippen molar-refractivity contribution in [3.63, 3.8) is 0 Å². The molecule has 74 valence electrons. The van der Waals surface area contributed by atoms with Crippen LogP contribution in [0.2, 0.25) is 0 Å². The Morgan fingerprint density at radius 1 is 1.21 bits per heavy atom. The number of halogens is 1. The largest absolute Gasteiger partial charge is 0.128 e. The zero-order valence-corrected chi connectivity index (χ0v) is 10.8. The molecular formula is C12H13BrS. The van der Waals surface area contributed by atoms with E-state index in [1.807, 2.05) is 11.3 Å². The predicted octanol–water partition coefficient (Wildman–Crippen LogP) is 4.79. The minimum absolute atomic E-state index is 1.10. The summed E-state index contributed by atoms with van der Waals surface area (Å²) in [4.78, 5) is 0. The minimum Gasteiger partial charge on any atom is -0.128 e. The Morgan fingerprint density at radius 2 is 2.00 bits per heavy atom. The van der Waals surface area contributed by atoms with Gasteiger partial charge < -0.3 is 0 Å². The fourth-order valence-corrected chi connectivity index (χ4v) is 3.73. The third-order valence-corrected chi connectivity index (χ3v) is 4.53. The molecule has 1 heterocycles. The van der Waals surface area contributed by atoms with Gasteiger partial charge in [0.25, 0.3) is 0 Å². The molecule has 2 heteroatoms. The highest BCUT2D eigenvalue weighted by Crippen LogP contribution is 2.36. The third-order valence-electron chi connectivity index (χ3n) is 2.57. The lowest BCUT2D eigenvalue weighted by Gasteiger charge is -1.98. The Kier molecular flexibility index (Phi) is 2.93. The maximum Gasteiger partial charge on any atom is 0.0742 e. The molecule has 1 aromatic heterocycles. The smallest absolute Gasteiger partial charge is 0.0742 e. The van der Waals surface area contributed by atoms with Gasteiger partial charge in [-0.15, -0.1) is 11.3 Å². The summed E-state index contributed by atoms with van der Waals surface area (Å²) in [7, 11) is 0. The molecule has 0 unspecified atom stereocenters. The van der Waals surface area contributed by atoms with Gasteiger partial charge >= 0.3 is 0 Å². The summed E-state index contributed by atoms with van der Waals surface area (Å²) < 4.78 is 2.69. The zero-order valence-electron chi connectivity index (χ0n) is 8.43. The Bertz CT molecular complexity index is 457. The molecule has 0 saturated heterocycles. The first kappa shape index (κ1) is 10.2. The van der Waals surface area contributed by atoms with Crippen LogP contribution in [0.4, 0.5) is 0 Å². The minimum atomic E-state index is 1.10. The average Bonchev–Trinajstić information content (AvgIpc) is 2.52. The molecule has 0 amide bonds. The van der Waals surface area contributed by atoms with Crippen LogP contribution in [0.5, 0.6) is 0 Å². The summed E-state index contributed by atoms with van der Waals surface area (Å²) in [6.45, 7) is 4.42. The molecule has 2 rings (SSSR count). The molecule has 0 bridgehead atoms. The number of aryl methyl sites for hydroxylation is 2. The summed E-state index contributed by atoms with van der Waals surface area (Å²) >= 11 is 5.47. The van der Waals surface area contributed by atoms with Crippen molar-refractivity contribution < 1.29 is 0 Å². The van der Waals surface area contributed by atoms with Crippen LogP contribution < -0.4 is 0 Å². The fourth-order valence-electron chi connectivity index (χ4n) is 1.72. The van der Waals surface area contributed by atoms with Gasteiger partial charge in [0.1, 0.15) is 0 Å². The average molecular weight is 269 g/mol. The van der Waals surface area contributed by atoms with Crippen LogP contribution in [0.1, 0.15) is 25.0 Å². The highest BCUT2D eigenvalue weighted by Gasteiger charge is 2.08. The number of hydrogen-bond donors (Lipinski definition) is 0. The molecule has 2 aromatic rings. The summed E-state index contributed by atoms with van der Waals surface area (Å²) in [5, 5.41) is 1.43. The lowest BCUT2D eigenvalue weighted by atomic mass is 10.1. The molecule has 0 fully saturated rings. The summed E-state index contributed by atoms with van der Waals surface area (Å²) in [5.74, 6) is 0. The first-order valence-corrected chi connectivity index (χ1v) is 6.57. The number of thiophene rings is 1. The fraction of sp³-hybridized carbons (Fsp3) is 0.333. The van der Waals surface area contributed by atoms with E-state index >= 15 is 0 Å². The lowest BCUT2D eigenvalue weighted by Crippen LogP contribution is -1.81. The SMILES string of the molecule is CCc1ccc2sc(Br)c(CC)c2c1. The third kappa shape index (κ3) is 1.61. The Hall–Kier alpha value is -0.340. The lowest BCUT2D eigenvalue weighted by molar-refractivity contribution is 1.14. The van der Waals surface area contributed by atoms with Gasteiger partial charge in [-0.2, -0.15) is 0 Å². The van der Waals surface area contributed by atoms with Crippen molar-refractivity contribution in [2.24, 2.45) is 0 Å². The molecular weight excluding hydrogens is 256 g/mol. The quantitative estimate of drug-likeness (QED) is 0.735. The van der Waals surface area contributed by atoms with Crippen LogP contribution in [0.15, 0.2) is 22.0 Å². The van der Waals surface area contributed by atoms with Gasteiger partial charge in [-0.05, 0) is 51.4 Å². The van der Waals surface area contributed by atoms with Gasteiger partial charge in [-0.1, -0.05) is 26.0 Å². The van der Waals surface area contributed by atoms with E-state index in [-0.39, 0.29) is 0 Å². The van der Waals surface area contributed by atoms with Crippen LogP contribution in [0.3, 0.4) is 0 Å². The second kappa shape index (κ2) is 4.03.